The fourth-order valence-corrected chi connectivity index (χ4v) is 2.59. The van der Waals surface area contributed by atoms with Crippen molar-refractivity contribution in [1.82, 2.24) is 0 Å². The molecule has 0 aromatic heterocycles. The van der Waals surface area contributed by atoms with Gasteiger partial charge in [-0.15, -0.1) is 0 Å². The summed E-state index contributed by atoms with van der Waals surface area (Å²) in [6.45, 7) is 5.55. The zero-order chi connectivity index (χ0) is 18.4. The molecule has 0 spiro atoms. The van der Waals surface area contributed by atoms with Crippen molar-refractivity contribution in [1.29, 1.82) is 0 Å². The number of ether oxygens (including phenoxy) is 1. The van der Waals surface area contributed by atoms with Crippen LogP contribution in [-0.4, -0.2) is 18.4 Å². The van der Waals surface area contributed by atoms with Crippen LogP contribution < -0.4 is 15.4 Å². The summed E-state index contributed by atoms with van der Waals surface area (Å²) in [7, 11) is 0. The van der Waals surface area contributed by atoms with Crippen LogP contribution in [0.15, 0.2) is 46.9 Å². The van der Waals surface area contributed by atoms with Gasteiger partial charge in [0.1, 0.15) is 5.75 Å². The molecule has 0 heterocycles. The molecule has 5 nitrogen and oxygen atoms in total. The van der Waals surface area contributed by atoms with Crippen LogP contribution in [0.5, 0.6) is 5.75 Å². The van der Waals surface area contributed by atoms with Crippen LogP contribution in [0.1, 0.15) is 19.4 Å². The summed E-state index contributed by atoms with van der Waals surface area (Å²) in [6.07, 6.45) is 0. The van der Waals surface area contributed by atoms with E-state index in [1.165, 1.54) is 0 Å². The van der Waals surface area contributed by atoms with Gasteiger partial charge in [0.25, 0.3) is 5.91 Å². The zero-order valence-electron chi connectivity index (χ0n) is 14.4. The Morgan fingerprint density at radius 1 is 1.04 bits per heavy atom. The van der Waals surface area contributed by atoms with Crippen molar-refractivity contribution >= 4 is 39.1 Å². The standard InChI is InChI=1S/C19H21BrN2O3/c1-12(2)19(24)22-15-7-5-14(6-8-15)21-18(23)11-25-17-9-4-13(3)10-16(17)20/h4-10,12H,11H2,1-3H3,(H,21,23)(H,22,24). The highest BCUT2D eigenvalue weighted by Gasteiger charge is 2.08. The van der Waals surface area contributed by atoms with Gasteiger partial charge in [-0.05, 0) is 64.8 Å². The molecule has 0 atom stereocenters. The van der Waals surface area contributed by atoms with Crippen molar-refractivity contribution in [2.24, 2.45) is 5.92 Å². The van der Waals surface area contributed by atoms with Crippen molar-refractivity contribution in [2.75, 3.05) is 17.2 Å². The first-order chi connectivity index (χ1) is 11.8. The molecular formula is C19H21BrN2O3. The SMILES string of the molecule is Cc1ccc(OCC(=O)Nc2ccc(NC(=O)C(C)C)cc2)c(Br)c1. The number of aryl methyl sites for hydroxylation is 1. The van der Waals surface area contributed by atoms with E-state index >= 15 is 0 Å². The van der Waals surface area contributed by atoms with Gasteiger partial charge in [-0.3, -0.25) is 9.59 Å². The molecule has 6 heteroatoms. The summed E-state index contributed by atoms with van der Waals surface area (Å²) < 4.78 is 6.32. The lowest BCUT2D eigenvalue weighted by molar-refractivity contribution is -0.119. The van der Waals surface area contributed by atoms with E-state index in [-0.39, 0.29) is 24.3 Å². The fourth-order valence-electron chi connectivity index (χ4n) is 1.99. The number of nitrogens with one attached hydrogen (secondary N) is 2. The molecule has 25 heavy (non-hydrogen) atoms. The minimum Gasteiger partial charge on any atom is -0.483 e. The third-order valence-corrected chi connectivity index (χ3v) is 4.03. The lowest BCUT2D eigenvalue weighted by Gasteiger charge is -2.11. The number of carbonyl (C=O) groups excluding carboxylic acids is 2. The summed E-state index contributed by atoms with van der Waals surface area (Å²) in [4.78, 5) is 23.6. The molecule has 132 valence electrons. The summed E-state index contributed by atoms with van der Waals surface area (Å²) >= 11 is 3.41. The van der Waals surface area contributed by atoms with Gasteiger partial charge in [-0.25, -0.2) is 0 Å². The van der Waals surface area contributed by atoms with Crippen LogP contribution >= 0.6 is 15.9 Å². The second-order valence-corrected chi connectivity index (χ2v) is 6.85. The molecule has 0 aliphatic heterocycles. The first kappa shape index (κ1) is 19.0. The van der Waals surface area contributed by atoms with E-state index in [9.17, 15) is 9.59 Å². The maximum Gasteiger partial charge on any atom is 0.262 e. The Kier molecular flexibility index (Phi) is 6.58. The molecule has 2 amide bonds. The molecule has 0 fully saturated rings. The zero-order valence-corrected chi connectivity index (χ0v) is 16.0. The average Bonchev–Trinajstić information content (AvgIpc) is 2.55. The van der Waals surface area contributed by atoms with E-state index in [0.29, 0.717) is 17.1 Å². The van der Waals surface area contributed by atoms with E-state index in [0.717, 1.165) is 10.0 Å². The smallest absolute Gasteiger partial charge is 0.262 e. The maximum absolute atomic E-state index is 12.0. The molecule has 2 aromatic rings. The molecule has 0 bridgehead atoms. The number of hydrogen-bond acceptors (Lipinski definition) is 3. The normalized spacial score (nSPS) is 10.4. The van der Waals surface area contributed by atoms with Crippen LogP contribution in [0.25, 0.3) is 0 Å². The highest BCUT2D eigenvalue weighted by atomic mass is 79.9. The van der Waals surface area contributed by atoms with Crippen molar-refractivity contribution in [2.45, 2.75) is 20.8 Å². The van der Waals surface area contributed by atoms with Gasteiger partial charge < -0.3 is 15.4 Å². The third kappa shape index (κ3) is 5.90. The fraction of sp³-hybridized carbons (Fsp3) is 0.263. The molecule has 0 radical (unpaired) electrons. The van der Waals surface area contributed by atoms with Gasteiger partial charge in [0.05, 0.1) is 4.47 Å². The minimum absolute atomic E-state index is 0.0474. The van der Waals surface area contributed by atoms with Gasteiger partial charge in [0, 0.05) is 17.3 Å². The number of anilines is 2. The summed E-state index contributed by atoms with van der Waals surface area (Å²) in [5.74, 6) is 0.227. The number of halogens is 1. The number of rotatable bonds is 6. The highest BCUT2D eigenvalue weighted by Crippen LogP contribution is 2.25. The van der Waals surface area contributed by atoms with Crippen molar-refractivity contribution in [3.8, 4) is 5.75 Å². The summed E-state index contributed by atoms with van der Waals surface area (Å²) in [5, 5.41) is 5.55. The monoisotopic (exact) mass is 404 g/mol. The number of carbonyl (C=O) groups is 2. The first-order valence-corrected chi connectivity index (χ1v) is 8.74. The van der Waals surface area contributed by atoms with Crippen LogP contribution in [0.3, 0.4) is 0 Å². The summed E-state index contributed by atoms with van der Waals surface area (Å²) in [5.41, 5.74) is 2.43. The second-order valence-electron chi connectivity index (χ2n) is 5.99. The Hall–Kier alpha value is -2.34. The Morgan fingerprint density at radius 3 is 2.20 bits per heavy atom. The average molecular weight is 405 g/mol. The maximum atomic E-state index is 12.0. The quantitative estimate of drug-likeness (QED) is 0.750. The second kappa shape index (κ2) is 8.67. The highest BCUT2D eigenvalue weighted by molar-refractivity contribution is 9.10. The van der Waals surface area contributed by atoms with Crippen molar-refractivity contribution < 1.29 is 14.3 Å². The van der Waals surface area contributed by atoms with Gasteiger partial charge in [0.2, 0.25) is 5.91 Å². The summed E-state index contributed by atoms with van der Waals surface area (Å²) in [6, 6.07) is 12.6. The van der Waals surface area contributed by atoms with Crippen LogP contribution in [0, 0.1) is 12.8 Å². The van der Waals surface area contributed by atoms with Crippen molar-refractivity contribution in [3.05, 3.63) is 52.5 Å². The number of benzene rings is 2. The van der Waals surface area contributed by atoms with E-state index in [4.69, 9.17) is 4.74 Å². The lowest BCUT2D eigenvalue weighted by atomic mass is 10.2. The molecular weight excluding hydrogens is 384 g/mol. The van der Waals surface area contributed by atoms with Crippen molar-refractivity contribution in [3.63, 3.8) is 0 Å². The Labute approximate surface area is 155 Å². The molecule has 0 aliphatic carbocycles. The van der Waals surface area contributed by atoms with Crippen LogP contribution in [0.4, 0.5) is 11.4 Å². The predicted molar refractivity (Wildman–Crippen MR) is 103 cm³/mol. The number of amides is 2. The molecule has 2 N–H and O–H groups in total. The van der Waals surface area contributed by atoms with Gasteiger partial charge in [-0.1, -0.05) is 19.9 Å². The predicted octanol–water partition coefficient (Wildman–Crippen LogP) is 4.37. The van der Waals surface area contributed by atoms with E-state index in [1.807, 2.05) is 39.0 Å². The Morgan fingerprint density at radius 2 is 1.64 bits per heavy atom. The first-order valence-electron chi connectivity index (χ1n) is 7.95. The third-order valence-electron chi connectivity index (χ3n) is 3.41. The number of hydrogen-bond donors (Lipinski definition) is 2. The molecule has 0 aliphatic rings. The topological polar surface area (TPSA) is 67.4 Å². The van der Waals surface area contributed by atoms with Crippen LogP contribution in [-0.2, 0) is 9.59 Å². The van der Waals surface area contributed by atoms with Gasteiger partial charge >= 0.3 is 0 Å². The molecule has 2 rings (SSSR count). The minimum atomic E-state index is -0.258. The van der Waals surface area contributed by atoms with Gasteiger partial charge in [-0.2, -0.15) is 0 Å². The Bertz CT molecular complexity index is 758. The van der Waals surface area contributed by atoms with E-state index in [1.54, 1.807) is 24.3 Å². The molecule has 2 aromatic carbocycles. The van der Waals surface area contributed by atoms with E-state index < -0.39 is 0 Å². The van der Waals surface area contributed by atoms with Gasteiger partial charge in [0.15, 0.2) is 6.61 Å². The largest absolute Gasteiger partial charge is 0.483 e. The van der Waals surface area contributed by atoms with E-state index in [2.05, 4.69) is 26.6 Å². The Balaban J connectivity index is 1.87. The molecule has 0 saturated heterocycles. The molecule has 0 unspecified atom stereocenters. The van der Waals surface area contributed by atoms with Crippen LogP contribution in [0.2, 0.25) is 0 Å². The molecule has 0 saturated carbocycles. The lowest BCUT2D eigenvalue weighted by Crippen LogP contribution is -2.20.